The van der Waals surface area contributed by atoms with Gasteiger partial charge in [0, 0.05) is 6.54 Å². The van der Waals surface area contributed by atoms with Crippen LogP contribution in [0.5, 0.6) is 0 Å². The van der Waals surface area contributed by atoms with Gasteiger partial charge in [0.2, 0.25) is 6.41 Å². The molecule has 0 bridgehead atoms. The molecule has 52 valence electrons. The summed E-state index contributed by atoms with van der Waals surface area (Å²) in [5.41, 5.74) is 0. The van der Waals surface area contributed by atoms with Crippen molar-refractivity contribution in [1.82, 2.24) is 5.06 Å². The van der Waals surface area contributed by atoms with Crippen molar-refractivity contribution in [3.05, 3.63) is 0 Å². The molecule has 1 rings (SSSR count). The molecule has 3 nitrogen and oxygen atoms in total. The van der Waals surface area contributed by atoms with Crippen LogP contribution in [0.1, 0.15) is 19.3 Å². The monoisotopic (exact) mass is 129 g/mol. The van der Waals surface area contributed by atoms with Gasteiger partial charge in [-0.05, 0) is 19.3 Å². The fraction of sp³-hybridized carbons (Fsp3) is 0.833. The van der Waals surface area contributed by atoms with Crippen LogP contribution in [0.4, 0.5) is 0 Å². The van der Waals surface area contributed by atoms with E-state index in [0.29, 0.717) is 6.61 Å². The van der Waals surface area contributed by atoms with E-state index in [-0.39, 0.29) is 0 Å². The highest BCUT2D eigenvalue weighted by Gasteiger charge is 2.05. The lowest BCUT2D eigenvalue weighted by Crippen LogP contribution is -2.21. The maximum absolute atomic E-state index is 10.1. The summed E-state index contributed by atoms with van der Waals surface area (Å²) in [6.07, 6.45) is 4.05. The molecule has 9 heavy (non-hydrogen) atoms. The summed E-state index contributed by atoms with van der Waals surface area (Å²) in [5.74, 6) is 0. The quantitative estimate of drug-likeness (QED) is 0.484. The standard InChI is InChI=1S/C6H11NO2/c8-6-7-4-2-1-3-5-9-7/h6H,1-5H2. The van der Waals surface area contributed by atoms with Crippen LogP contribution in [0, 0.1) is 0 Å². The van der Waals surface area contributed by atoms with E-state index in [0.717, 1.165) is 25.8 Å². The van der Waals surface area contributed by atoms with E-state index in [4.69, 9.17) is 4.84 Å². The van der Waals surface area contributed by atoms with Crippen LogP contribution in [0.3, 0.4) is 0 Å². The van der Waals surface area contributed by atoms with Gasteiger partial charge >= 0.3 is 0 Å². The van der Waals surface area contributed by atoms with E-state index in [2.05, 4.69) is 0 Å². The minimum absolute atomic E-state index is 0.693. The van der Waals surface area contributed by atoms with Gasteiger partial charge in [0.1, 0.15) is 0 Å². The van der Waals surface area contributed by atoms with Crippen molar-refractivity contribution in [3.63, 3.8) is 0 Å². The van der Waals surface area contributed by atoms with Crippen molar-refractivity contribution in [2.24, 2.45) is 0 Å². The van der Waals surface area contributed by atoms with E-state index < -0.39 is 0 Å². The first kappa shape index (κ1) is 6.55. The first-order valence-electron chi connectivity index (χ1n) is 3.28. The molecule has 1 aliphatic rings. The summed E-state index contributed by atoms with van der Waals surface area (Å²) < 4.78 is 0. The van der Waals surface area contributed by atoms with Crippen LogP contribution in [0.15, 0.2) is 0 Å². The average molecular weight is 129 g/mol. The molecule has 0 aliphatic carbocycles. The molecule has 0 radical (unpaired) electrons. The van der Waals surface area contributed by atoms with Gasteiger partial charge in [0.25, 0.3) is 0 Å². The van der Waals surface area contributed by atoms with Gasteiger partial charge in [-0.1, -0.05) is 0 Å². The Hall–Kier alpha value is -0.570. The Morgan fingerprint density at radius 3 is 3.00 bits per heavy atom. The molecule has 1 heterocycles. The van der Waals surface area contributed by atoms with Crippen LogP contribution in [-0.2, 0) is 9.63 Å². The van der Waals surface area contributed by atoms with Crippen LogP contribution in [0.2, 0.25) is 0 Å². The fourth-order valence-electron chi connectivity index (χ4n) is 0.876. The highest BCUT2D eigenvalue weighted by atomic mass is 16.7. The number of rotatable bonds is 1. The van der Waals surface area contributed by atoms with Crippen molar-refractivity contribution < 1.29 is 9.63 Å². The molecular weight excluding hydrogens is 118 g/mol. The van der Waals surface area contributed by atoms with Gasteiger partial charge in [0.15, 0.2) is 0 Å². The molecule has 3 heteroatoms. The third-order valence-corrected chi connectivity index (χ3v) is 1.40. The van der Waals surface area contributed by atoms with Crippen molar-refractivity contribution in [3.8, 4) is 0 Å². The number of hydrogen-bond acceptors (Lipinski definition) is 2. The van der Waals surface area contributed by atoms with Gasteiger partial charge in [0.05, 0.1) is 6.61 Å². The van der Waals surface area contributed by atoms with Crippen LogP contribution in [0.25, 0.3) is 0 Å². The van der Waals surface area contributed by atoms with Gasteiger partial charge < -0.3 is 0 Å². The van der Waals surface area contributed by atoms with Crippen LogP contribution in [-0.4, -0.2) is 24.6 Å². The second-order valence-electron chi connectivity index (χ2n) is 2.14. The summed E-state index contributed by atoms with van der Waals surface area (Å²) in [6.45, 7) is 1.45. The number of carbonyl (C=O) groups excluding carboxylic acids is 1. The molecule has 0 saturated carbocycles. The van der Waals surface area contributed by atoms with E-state index in [9.17, 15) is 4.79 Å². The maximum atomic E-state index is 10.1. The number of amides is 1. The zero-order valence-electron chi connectivity index (χ0n) is 5.38. The topological polar surface area (TPSA) is 29.5 Å². The van der Waals surface area contributed by atoms with Gasteiger partial charge in [-0.25, -0.2) is 5.06 Å². The molecule has 0 N–H and O–H groups in total. The largest absolute Gasteiger partial charge is 0.276 e. The number of carbonyl (C=O) groups is 1. The molecule has 1 saturated heterocycles. The molecular formula is C6H11NO2. The number of hydroxylamine groups is 2. The molecule has 1 aliphatic heterocycles. The molecule has 0 aromatic heterocycles. The zero-order valence-corrected chi connectivity index (χ0v) is 5.38. The lowest BCUT2D eigenvalue weighted by atomic mass is 10.2. The first-order chi connectivity index (χ1) is 4.43. The smallest absolute Gasteiger partial charge is 0.233 e. The molecule has 0 unspecified atom stereocenters. The Morgan fingerprint density at radius 2 is 2.22 bits per heavy atom. The summed E-state index contributed by atoms with van der Waals surface area (Å²) in [5, 5.41) is 1.37. The third kappa shape index (κ3) is 2.01. The van der Waals surface area contributed by atoms with Crippen molar-refractivity contribution in [2.45, 2.75) is 19.3 Å². The van der Waals surface area contributed by atoms with Gasteiger partial charge in [-0.2, -0.15) is 0 Å². The normalized spacial score (nSPS) is 21.1. The SMILES string of the molecule is O=CN1CCCCCO1. The maximum Gasteiger partial charge on any atom is 0.233 e. The Bertz CT molecular complexity index is 87.1. The van der Waals surface area contributed by atoms with Gasteiger partial charge in [-0.3, -0.25) is 9.63 Å². The Labute approximate surface area is 54.5 Å². The van der Waals surface area contributed by atoms with Crippen LogP contribution >= 0.6 is 0 Å². The molecule has 0 aromatic rings. The van der Waals surface area contributed by atoms with E-state index in [1.54, 1.807) is 0 Å². The van der Waals surface area contributed by atoms with Crippen molar-refractivity contribution in [1.29, 1.82) is 0 Å². The van der Waals surface area contributed by atoms with E-state index >= 15 is 0 Å². The fourth-order valence-corrected chi connectivity index (χ4v) is 0.876. The Balaban J connectivity index is 2.26. The lowest BCUT2D eigenvalue weighted by Gasteiger charge is -2.11. The zero-order chi connectivity index (χ0) is 6.53. The number of hydrogen-bond donors (Lipinski definition) is 0. The number of nitrogens with zero attached hydrogens (tertiary/aromatic N) is 1. The summed E-state index contributed by atoms with van der Waals surface area (Å²) in [4.78, 5) is 15.1. The highest BCUT2D eigenvalue weighted by Crippen LogP contribution is 2.04. The Kier molecular flexibility index (Phi) is 2.51. The third-order valence-electron chi connectivity index (χ3n) is 1.40. The molecule has 1 amide bonds. The summed E-state index contributed by atoms with van der Waals surface area (Å²) >= 11 is 0. The second-order valence-corrected chi connectivity index (χ2v) is 2.14. The first-order valence-corrected chi connectivity index (χ1v) is 3.28. The van der Waals surface area contributed by atoms with Crippen molar-refractivity contribution >= 4 is 6.41 Å². The van der Waals surface area contributed by atoms with E-state index in [1.165, 1.54) is 11.5 Å². The average Bonchev–Trinajstić information content (AvgIpc) is 2.13. The minimum atomic E-state index is 0.693. The van der Waals surface area contributed by atoms with E-state index in [1.807, 2.05) is 0 Å². The Morgan fingerprint density at radius 1 is 1.33 bits per heavy atom. The molecule has 0 spiro atoms. The summed E-state index contributed by atoms with van der Waals surface area (Å²) in [7, 11) is 0. The summed E-state index contributed by atoms with van der Waals surface area (Å²) in [6, 6.07) is 0. The van der Waals surface area contributed by atoms with Gasteiger partial charge in [-0.15, -0.1) is 0 Å². The molecule has 1 fully saturated rings. The lowest BCUT2D eigenvalue weighted by molar-refractivity contribution is -0.168. The second kappa shape index (κ2) is 3.45. The van der Waals surface area contributed by atoms with Crippen LogP contribution < -0.4 is 0 Å². The minimum Gasteiger partial charge on any atom is -0.276 e. The van der Waals surface area contributed by atoms with Crippen molar-refractivity contribution in [2.75, 3.05) is 13.2 Å². The molecule has 0 atom stereocenters. The highest BCUT2D eigenvalue weighted by molar-refractivity contribution is 5.44. The predicted octanol–water partition coefficient (Wildman–Crippen LogP) is 0.560. The predicted molar refractivity (Wildman–Crippen MR) is 32.6 cm³/mol. The molecule has 0 aromatic carbocycles.